The van der Waals surface area contributed by atoms with E-state index in [4.69, 9.17) is 4.79 Å². The van der Waals surface area contributed by atoms with Crippen molar-refractivity contribution in [2.24, 2.45) is 0 Å². The zero-order valence-corrected chi connectivity index (χ0v) is 5.01. The second kappa shape index (κ2) is 3.23. The molecule has 0 bridgehead atoms. The van der Waals surface area contributed by atoms with Gasteiger partial charge >= 0.3 is 12.5 Å². The fourth-order valence-corrected chi connectivity index (χ4v) is 0. The van der Waals surface area contributed by atoms with Crippen LogP contribution < -0.4 is 0 Å². The Balaban J connectivity index is 0. The zero-order chi connectivity index (χ0) is 5.21. The molecule has 0 aliphatic heterocycles. The third kappa shape index (κ3) is 10.7. The van der Waals surface area contributed by atoms with Gasteiger partial charge in [0.15, 0.2) is 0 Å². The van der Waals surface area contributed by atoms with E-state index in [9.17, 15) is 13.2 Å². The van der Waals surface area contributed by atoms with Crippen LogP contribution in [-0.4, -0.2) is 12.5 Å². The van der Waals surface area contributed by atoms with Crippen molar-refractivity contribution in [1.29, 1.82) is 0 Å². The number of alkyl halides is 3. The van der Waals surface area contributed by atoms with Crippen LogP contribution in [0.3, 0.4) is 0 Å². The summed E-state index contributed by atoms with van der Waals surface area (Å²) in [6.07, 6.45) is -4.91. The van der Waals surface area contributed by atoms with Gasteiger partial charge in [0.2, 0.25) is 0 Å². The molecule has 0 amide bonds. The molecule has 2 radical (unpaired) electrons. The predicted molar refractivity (Wildman–Crippen MR) is 11.7 cm³/mol. The molecule has 0 unspecified atom stereocenters. The molecule has 0 saturated heterocycles. The first-order valence-corrected chi connectivity index (χ1v) is 1.02. The summed E-state index contributed by atoms with van der Waals surface area (Å²) in [6.45, 7) is 0. The molecule has 1 nitrogen and oxygen atoms in total. The molecule has 7 heavy (non-hydrogen) atoms. The third-order valence-electron chi connectivity index (χ3n) is 0.116. The van der Waals surface area contributed by atoms with Crippen LogP contribution in [0.4, 0.5) is 13.2 Å². The van der Waals surface area contributed by atoms with Crippen molar-refractivity contribution in [3.63, 3.8) is 0 Å². The molecule has 5 heteroatoms. The largest absolute Gasteiger partial charge is 0.458 e. The Labute approximate surface area is 53.4 Å². The molecule has 0 aliphatic rings. The number of hydrogen-bond donors (Lipinski definition) is 0. The van der Waals surface area contributed by atoms with Gasteiger partial charge in [0, 0.05) is 22.4 Å². The van der Waals surface area contributed by atoms with Crippen LogP contribution in [0.1, 0.15) is 0 Å². The quantitative estimate of drug-likeness (QED) is 0.600. The van der Waals surface area contributed by atoms with Crippen molar-refractivity contribution in [3.05, 3.63) is 0 Å². The number of rotatable bonds is 0. The van der Waals surface area contributed by atoms with Gasteiger partial charge in [-0.05, 0) is 0 Å². The normalized spacial score (nSPS) is 9.57. The van der Waals surface area contributed by atoms with E-state index in [0.29, 0.717) is 0 Å². The van der Waals surface area contributed by atoms with Gasteiger partial charge in [0.1, 0.15) is 0 Å². The second-order valence-electron chi connectivity index (χ2n) is 0.600. The Bertz CT molecular complexity index is 58.4. The summed E-state index contributed by atoms with van der Waals surface area (Å²) in [5.74, 6) is 0. The molecule has 0 aromatic carbocycles. The first-order valence-electron chi connectivity index (χ1n) is 1.02. The van der Waals surface area contributed by atoms with E-state index in [0.717, 1.165) is 0 Å². The Hall–Kier alpha value is 0.200. The van der Waals surface area contributed by atoms with Crippen LogP contribution in [0.5, 0.6) is 0 Å². The summed E-state index contributed by atoms with van der Waals surface area (Å²) < 4.78 is 31.1. The van der Waals surface area contributed by atoms with E-state index in [-0.39, 0.29) is 28.7 Å². The Morgan fingerprint density at radius 3 is 1.43 bits per heavy atom. The average Bonchev–Trinajstić information content (AvgIpc) is 1.35. The molecular weight excluding hydrogens is 294 g/mol. The summed E-state index contributed by atoms with van der Waals surface area (Å²) in [4.78, 5) is 8.58. The molecule has 0 saturated carbocycles. The van der Waals surface area contributed by atoms with Crippen molar-refractivity contribution in [2.45, 2.75) is 6.18 Å². The van der Waals surface area contributed by atoms with Crippen molar-refractivity contribution in [3.8, 4) is 0 Å². The fraction of sp³-hybridized carbons (Fsp3) is 0.500. The molecule has 0 atom stereocenters. The van der Waals surface area contributed by atoms with E-state index < -0.39 is 6.18 Å². The van der Waals surface area contributed by atoms with E-state index in [1.165, 1.54) is 0 Å². The van der Waals surface area contributed by atoms with Gasteiger partial charge in [-0.1, -0.05) is 0 Å². The summed E-state index contributed by atoms with van der Waals surface area (Å²) in [6, 6.07) is 0. The molecular formula is C2AuF3O. The van der Waals surface area contributed by atoms with Gasteiger partial charge in [-0.25, -0.2) is 0 Å². The van der Waals surface area contributed by atoms with Crippen molar-refractivity contribution >= 4 is 6.29 Å². The minimum absolute atomic E-state index is 0. The summed E-state index contributed by atoms with van der Waals surface area (Å²) in [7, 11) is 0. The summed E-state index contributed by atoms with van der Waals surface area (Å²) >= 11 is 0. The Morgan fingerprint density at radius 1 is 1.29 bits per heavy atom. The molecule has 46 valence electrons. The molecule has 0 rings (SSSR count). The summed E-state index contributed by atoms with van der Waals surface area (Å²) in [5, 5.41) is 0. The second-order valence-corrected chi connectivity index (χ2v) is 0.600. The fourth-order valence-electron chi connectivity index (χ4n) is 0. The summed E-state index contributed by atoms with van der Waals surface area (Å²) in [5.41, 5.74) is 0. The molecule has 0 aromatic rings. The first-order chi connectivity index (χ1) is 2.56. The maximum Gasteiger partial charge on any atom is 0.458 e. The SMILES string of the molecule is O=[C]C(F)(F)F.[Au]. The minimum atomic E-state index is -4.76. The smallest absolute Gasteiger partial charge is 0.280 e. The predicted octanol–water partition coefficient (Wildman–Crippen LogP) is 0.656. The van der Waals surface area contributed by atoms with Gasteiger partial charge in [-0.2, -0.15) is 13.2 Å². The molecule has 0 aliphatic carbocycles. The van der Waals surface area contributed by atoms with Gasteiger partial charge in [-0.3, -0.25) is 4.79 Å². The standard InChI is InChI=1S/C2F3O.Au/c3-2(4,5)1-6;. The molecule has 0 aromatic heterocycles. The monoisotopic (exact) mass is 294 g/mol. The molecule has 0 N–H and O–H groups in total. The van der Waals surface area contributed by atoms with Gasteiger partial charge in [-0.15, -0.1) is 0 Å². The van der Waals surface area contributed by atoms with Crippen LogP contribution in [-0.2, 0) is 27.2 Å². The van der Waals surface area contributed by atoms with Crippen LogP contribution in [0, 0.1) is 0 Å². The zero-order valence-electron chi connectivity index (χ0n) is 2.84. The van der Waals surface area contributed by atoms with Crippen LogP contribution in [0.15, 0.2) is 0 Å². The first kappa shape index (κ1) is 10.2. The Morgan fingerprint density at radius 2 is 1.43 bits per heavy atom. The van der Waals surface area contributed by atoms with E-state index in [1.54, 1.807) is 0 Å². The minimum Gasteiger partial charge on any atom is -0.280 e. The molecule has 0 heterocycles. The maximum absolute atomic E-state index is 10.4. The number of carbonyl (C=O) groups excluding carboxylic acids is 1. The topological polar surface area (TPSA) is 17.1 Å². The Kier molecular flexibility index (Phi) is 4.73. The van der Waals surface area contributed by atoms with Crippen LogP contribution in [0.25, 0.3) is 0 Å². The third-order valence-corrected chi connectivity index (χ3v) is 0.116. The van der Waals surface area contributed by atoms with E-state index in [1.807, 2.05) is 0 Å². The van der Waals surface area contributed by atoms with Gasteiger partial charge < -0.3 is 0 Å². The van der Waals surface area contributed by atoms with Gasteiger partial charge in [0.25, 0.3) is 0 Å². The number of hydrogen-bond acceptors (Lipinski definition) is 1. The maximum atomic E-state index is 10.4. The van der Waals surface area contributed by atoms with Crippen LogP contribution >= 0.6 is 0 Å². The average molecular weight is 294 g/mol. The van der Waals surface area contributed by atoms with Crippen molar-refractivity contribution < 1.29 is 40.3 Å². The van der Waals surface area contributed by atoms with Crippen molar-refractivity contribution in [2.75, 3.05) is 0 Å². The number of halogens is 3. The van der Waals surface area contributed by atoms with Gasteiger partial charge in [0.05, 0.1) is 0 Å². The van der Waals surface area contributed by atoms with Crippen LogP contribution in [0.2, 0.25) is 0 Å². The molecule has 0 fully saturated rings. The molecule has 0 spiro atoms. The van der Waals surface area contributed by atoms with E-state index in [2.05, 4.69) is 0 Å². The van der Waals surface area contributed by atoms with Crippen molar-refractivity contribution in [1.82, 2.24) is 0 Å². The van der Waals surface area contributed by atoms with E-state index >= 15 is 0 Å².